The van der Waals surface area contributed by atoms with E-state index in [9.17, 15) is 25.0 Å². The molecule has 1 amide bonds. The number of hydrazone groups is 1. The molecule has 3 aromatic rings. The summed E-state index contributed by atoms with van der Waals surface area (Å²) in [5.41, 5.74) is 1.94. The first-order valence-corrected chi connectivity index (χ1v) is 12.7. The van der Waals surface area contributed by atoms with E-state index in [0.717, 1.165) is 18.2 Å². The predicted octanol–water partition coefficient (Wildman–Crippen LogP) is 6.55. The zero-order valence-corrected chi connectivity index (χ0v) is 23.4. The van der Waals surface area contributed by atoms with Crippen LogP contribution in [0.15, 0.2) is 75.2 Å². The van der Waals surface area contributed by atoms with E-state index < -0.39 is 27.1 Å². The van der Waals surface area contributed by atoms with Crippen LogP contribution in [-0.2, 0) is 0 Å². The van der Waals surface area contributed by atoms with E-state index in [2.05, 4.69) is 49.0 Å². The number of hydrogen-bond donors (Lipinski definition) is 1. The first kappa shape index (κ1) is 29.3. The van der Waals surface area contributed by atoms with Gasteiger partial charge in [-0.3, -0.25) is 25.0 Å². The second-order valence-electron chi connectivity index (χ2n) is 7.47. The van der Waals surface area contributed by atoms with Crippen LogP contribution in [0.4, 0.5) is 11.4 Å². The molecular formula is C25H20Br2N4O8. The first-order chi connectivity index (χ1) is 18.6. The van der Waals surface area contributed by atoms with Crippen molar-refractivity contribution in [1.82, 2.24) is 5.43 Å². The summed E-state index contributed by atoms with van der Waals surface area (Å²) in [6.45, 7) is 6.04. The van der Waals surface area contributed by atoms with E-state index in [1.165, 1.54) is 12.3 Å². The molecule has 0 spiro atoms. The van der Waals surface area contributed by atoms with Crippen LogP contribution in [0, 0.1) is 20.2 Å². The fourth-order valence-corrected chi connectivity index (χ4v) is 4.49. The third-order valence-electron chi connectivity index (χ3n) is 4.83. The van der Waals surface area contributed by atoms with Crippen molar-refractivity contribution in [2.75, 3.05) is 13.2 Å². The molecule has 0 saturated heterocycles. The molecular weight excluding hydrogens is 644 g/mol. The molecule has 0 aliphatic carbocycles. The number of carbonyl (C=O) groups is 1. The van der Waals surface area contributed by atoms with Crippen molar-refractivity contribution >= 4 is 55.4 Å². The summed E-state index contributed by atoms with van der Waals surface area (Å²) in [4.78, 5) is 33.7. The zero-order valence-electron chi connectivity index (χ0n) is 20.3. The molecule has 0 radical (unpaired) electrons. The number of ether oxygens (including phenoxy) is 3. The molecule has 0 aromatic heterocycles. The third kappa shape index (κ3) is 7.61. The zero-order chi connectivity index (χ0) is 28.5. The van der Waals surface area contributed by atoms with E-state index in [0.29, 0.717) is 32.6 Å². The summed E-state index contributed by atoms with van der Waals surface area (Å²) in [7, 11) is 0. The van der Waals surface area contributed by atoms with Gasteiger partial charge in [-0.15, -0.1) is 0 Å². The third-order valence-corrected chi connectivity index (χ3v) is 5.88. The number of nitro benzene ring substituents is 2. The van der Waals surface area contributed by atoms with Crippen LogP contribution in [0.1, 0.15) is 22.8 Å². The lowest BCUT2D eigenvalue weighted by Crippen LogP contribution is -2.18. The fourth-order valence-electron chi connectivity index (χ4n) is 3.15. The second-order valence-corrected chi connectivity index (χ2v) is 9.24. The number of carbonyl (C=O) groups excluding carboxylic acids is 1. The Morgan fingerprint density at radius 1 is 1.03 bits per heavy atom. The Labute approximate surface area is 238 Å². The van der Waals surface area contributed by atoms with Gasteiger partial charge >= 0.3 is 5.69 Å². The normalized spacial score (nSPS) is 10.6. The van der Waals surface area contributed by atoms with Gasteiger partial charge in [0.2, 0.25) is 5.75 Å². The molecule has 202 valence electrons. The summed E-state index contributed by atoms with van der Waals surface area (Å²) >= 11 is 6.70. The van der Waals surface area contributed by atoms with E-state index >= 15 is 0 Å². The second kappa shape index (κ2) is 13.5. The highest BCUT2D eigenvalue weighted by atomic mass is 79.9. The molecule has 0 atom stereocenters. The van der Waals surface area contributed by atoms with Gasteiger partial charge in [0.25, 0.3) is 11.6 Å². The van der Waals surface area contributed by atoms with Crippen LogP contribution in [0.5, 0.6) is 23.0 Å². The summed E-state index contributed by atoms with van der Waals surface area (Å²) in [6, 6.07) is 10.9. The minimum absolute atomic E-state index is 0.121. The Morgan fingerprint density at radius 3 is 2.44 bits per heavy atom. The SMILES string of the molecule is C=CCOc1ccc(C(=O)N/N=C/c2cc(Br)cc(Br)c2Oc2ccc([N+](=O)[O-])cc2[N+](=O)[O-])cc1OCC. The quantitative estimate of drug-likeness (QED) is 0.0990. The molecule has 0 unspecified atom stereocenters. The molecule has 0 aliphatic heterocycles. The number of nitrogens with zero attached hydrogens (tertiary/aromatic N) is 3. The van der Waals surface area contributed by atoms with E-state index in [1.54, 1.807) is 37.3 Å². The predicted molar refractivity (Wildman–Crippen MR) is 150 cm³/mol. The summed E-state index contributed by atoms with van der Waals surface area (Å²) in [5.74, 6) is 0.195. The standard InChI is InChI=1S/C25H20Br2N4O8/c1-3-9-38-22-7-5-15(11-23(22)37-4-2)25(32)29-28-14-16-10-17(26)12-19(27)24(16)39-21-8-6-18(30(33)34)13-20(21)31(35)36/h3,5-8,10-14H,1,4,9H2,2H3,(H,29,32)/b28-14+. The van der Waals surface area contributed by atoms with Crippen molar-refractivity contribution in [2.24, 2.45) is 5.10 Å². The maximum atomic E-state index is 12.7. The smallest absolute Gasteiger partial charge is 0.318 e. The Bertz CT molecular complexity index is 1460. The number of nitrogens with one attached hydrogen (secondary N) is 1. The lowest BCUT2D eigenvalue weighted by molar-refractivity contribution is -0.394. The van der Waals surface area contributed by atoms with Gasteiger partial charge in [-0.05, 0) is 59.3 Å². The van der Waals surface area contributed by atoms with Crippen LogP contribution in [0.2, 0.25) is 0 Å². The van der Waals surface area contributed by atoms with Crippen molar-refractivity contribution < 1.29 is 28.9 Å². The summed E-state index contributed by atoms with van der Waals surface area (Å²) in [5, 5.41) is 26.5. The number of nitro groups is 2. The summed E-state index contributed by atoms with van der Waals surface area (Å²) in [6.07, 6.45) is 2.87. The van der Waals surface area contributed by atoms with Crippen molar-refractivity contribution in [3.63, 3.8) is 0 Å². The molecule has 14 heteroatoms. The Balaban J connectivity index is 1.87. The Hall–Kier alpha value is -4.30. The van der Waals surface area contributed by atoms with Crippen LogP contribution in [0.25, 0.3) is 0 Å². The van der Waals surface area contributed by atoms with Gasteiger partial charge in [-0.2, -0.15) is 5.10 Å². The number of halogens is 2. The van der Waals surface area contributed by atoms with Gasteiger partial charge in [0, 0.05) is 21.7 Å². The number of benzene rings is 3. The van der Waals surface area contributed by atoms with Gasteiger partial charge in [0.15, 0.2) is 17.2 Å². The average molecular weight is 664 g/mol. The van der Waals surface area contributed by atoms with E-state index in [-0.39, 0.29) is 23.7 Å². The van der Waals surface area contributed by atoms with Crippen LogP contribution >= 0.6 is 31.9 Å². The minimum Gasteiger partial charge on any atom is -0.490 e. The van der Waals surface area contributed by atoms with E-state index in [4.69, 9.17) is 14.2 Å². The highest BCUT2D eigenvalue weighted by Gasteiger charge is 2.23. The van der Waals surface area contributed by atoms with Gasteiger partial charge in [0.1, 0.15) is 6.61 Å². The maximum absolute atomic E-state index is 12.7. The topological polar surface area (TPSA) is 155 Å². The number of rotatable bonds is 12. The van der Waals surface area contributed by atoms with Gasteiger partial charge in [0.05, 0.1) is 33.2 Å². The van der Waals surface area contributed by atoms with Crippen LogP contribution < -0.4 is 19.6 Å². The molecule has 0 fully saturated rings. The molecule has 1 N–H and O–H groups in total. The molecule has 3 aromatic carbocycles. The average Bonchev–Trinajstić information content (AvgIpc) is 2.89. The molecule has 0 aliphatic rings. The molecule has 12 nitrogen and oxygen atoms in total. The fraction of sp³-hybridized carbons (Fsp3) is 0.120. The number of amides is 1. The minimum atomic E-state index is -0.784. The maximum Gasteiger partial charge on any atom is 0.318 e. The first-order valence-electron chi connectivity index (χ1n) is 11.1. The molecule has 0 saturated carbocycles. The lowest BCUT2D eigenvalue weighted by atomic mass is 10.2. The van der Waals surface area contributed by atoms with Crippen molar-refractivity contribution in [1.29, 1.82) is 0 Å². The Morgan fingerprint density at radius 2 is 1.77 bits per heavy atom. The molecule has 0 bridgehead atoms. The van der Waals surface area contributed by atoms with Crippen LogP contribution in [-0.4, -0.2) is 35.2 Å². The summed E-state index contributed by atoms with van der Waals surface area (Å²) < 4.78 is 17.9. The largest absolute Gasteiger partial charge is 0.490 e. The van der Waals surface area contributed by atoms with Gasteiger partial charge in [-0.25, -0.2) is 5.43 Å². The number of non-ortho nitro benzene ring substituents is 1. The van der Waals surface area contributed by atoms with Crippen molar-refractivity contribution in [3.05, 3.63) is 101 Å². The molecule has 0 heterocycles. The highest BCUT2D eigenvalue weighted by Crippen LogP contribution is 2.40. The molecule has 3 rings (SSSR count). The number of hydrogen-bond acceptors (Lipinski definition) is 9. The molecule has 39 heavy (non-hydrogen) atoms. The highest BCUT2D eigenvalue weighted by molar-refractivity contribution is 9.11. The lowest BCUT2D eigenvalue weighted by Gasteiger charge is -2.12. The van der Waals surface area contributed by atoms with Crippen molar-refractivity contribution in [2.45, 2.75) is 6.92 Å². The Kier molecular flexibility index (Phi) is 10.1. The van der Waals surface area contributed by atoms with Crippen LogP contribution in [0.3, 0.4) is 0 Å². The van der Waals surface area contributed by atoms with E-state index in [1.807, 2.05) is 0 Å². The van der Waals surface area contributed by atoms with Gasteiger partial charge in [-0.1, -0.05) is 28.6 Å². The van der Waals surface area contributed by atoms with Crippen molar-refractivity contribution in [3.8, 4) is 23.0 Å². The monoisotopic (exact) mass is 662 g/mol. The van der Waals surface area contributed by atoms with Gasteiger partial charge < -0.3 is 14.2 Å².